The standard InChI is InChI=1S/C17H28N2O2/c1-4-15(20)16-12(2)18-19(13(16)3)11-14-7-10-17(21-14)8-5-6-9-17/h14-15,20H,4-11H2,1-3H3. The molecule has 2 atom stereocenters. The highest BCUT2D eigenvalue weighted by Crippen LogP contribution is 2.43. The number of ether oxygens (including phenoxy) is 1. The fraction of sp³-hybridized carbons (Fsp3) is 0.824. The molecule has 2 aliphatic rings. The van der Waals surface area contributed by atoms with Crippen molar-refractivity contribution in [3.8, 4) is 0 Å². The second-order valence-corrected chi connectivity index (χ2v) is 6.86. The molecule has 1 aliphatic heterocycles. The summed E-state index contributed by atoms with van der Waals surface area (Å²) in [6, 6.07) is 0. The maximum Gasteiger partial charge on any atom is 0.0823 e. The molecule has 1 aliphatic carbocycles. The van der Waals surface area contributed by atoms with E-state index in [1.165, 1.54) is 32.1 Å². The molecule has 21 heavy (non-hydrogen) atoms. The first kappa shape index (κ1) is 15.0. The van der Waals surface area contributed by atoms with Crippen molar-refractivity contribution < 1.29 is 9.84 Å². The van der Waals surface area contributed by atoms with Crippen LogP contribution in [0.4, 0.5) is 0 Å². The number of aliphatic hydroxyl groups excluding tert-OH is 1. The van der Waals surface area contributed by atoms with E-state index in [1.54, 1.807) is 0 Å². The Labute approximate surface area is 127 Å². The Bertz CT molecular complexity index is 503. The van der Waals surface area contributed by atoms with Gasteiger partial charge in [-0.25, -0.2) is 0 Å². The molecule has 1 saturated carbocycles. The first-order valence-corrected chi connectivity index (χ1v) is 8.44. The van der Waals surface area contributed by atoms with Crippen molar-refractivity contribution in [2.75, 3.05) is 0 Å². The van der Waals surface area contributed by atoms with Gasteiger partial charge in [-0.05, 0) is 46.0 Å². The number of rotatable bonds is 4. The molecular formula is C17H28N2O2. The van der Waals surface area contributed by atoms with E-state index in [0.717, 1.165) is 36.3 Å². The largest absolute Gasteiger partial charge is 0.388 e. The van der Waals surface area contributed by atoms with Gasteiger partial charge in [-0.1, -0.05) is 19.8 Å². The van der Waals surface area contributed by atoms with Gasteiger partial charge in [0.2, 0.25) is 0 Å². The Hall–Kier alpha value is -0.870. The predicted molar refractivity (Wildman–Crippen MR) is 82.3 cm³/mol. The molecule has 1 N–H and O–H groups in total. The van der Waals surface area contributed by atoms with Crippen LogP contribution in [-0.2, 0) is 11.3 Å². The summed E-state index contributed by atoms with van der Waals surface area (Å²) in [5.74, 6) is 0. The molecule has 0 radical (unpaired) electrons. The zero-order chi connectivity index (χ0) is 15.0. The highest BCUT2D eigenvalue weighted by Gasteiger charge is 2.42. The molecule has 3 rings (SSSR count). The molecule has 4 heteroatoms. The van der Waals surface area contributed by atoms with Crippen molar-refractivity contribution in [2.24, 2.45) is 0 Å². The summed E-state index contributed by atoms with van der Waals surface area (Å²) < 4.78 is 8.43. The number of aromatic nitrogens is 2. The molecule has 1 saturated heterocycles. The number of nitrogens with zero attached hydrogens (tertiary/aromatic N) is 2. The van der Waals surface area contributed by atoms with Gasteiger partial charge in [-0.15, -0.1) is 0 Å². The van der Waals surface area contributed by atoms with Crippen LogP contribution in [0.2, 0.25) is 0 Å². The van der Waals surface area contributed by atoms with Gasteiger partial charge >= 0.3 is 0 Å². The summed E-state index contributed by atoms with van der Waals surface area (Å²) >= 11 is 0. The van der Waals surface area contributed by atoms with Crippen LogP contribution in [0, 0.1) is 13.8 Å². The van der Waals surface area contributed by atoms with E-state index in [0.29, 0.717) is 0 Å². The number of aliphatic hydroxyl groups is 1. The number of aryl methyl sites for hydroxylation is 1. The van der Waals surface area contributed by atoms with E-state index < -0.39 is 6.10 Å². The Morgan fingerprint density at radius 1 is 1.33 bits per heavy atom. The third-order valence-corrected chi connectivity index (χ3v) is 5.39. The lowest BCUT2D eigenvalue weighted by Crippen LogP contribution is -2.27. The van der Waals surface area contributed by atoms with E-state index in [4.69, 9.17) is 4.74 Å². The maximum absolute atomic E-state index is 10.1. The Balaban J connectivity index is 1.71. The van der Waals surface area contributed by atoms with Crippen molar-refractivity contribution in [2.45, 2.75) is 90.1 Å². The van der Waals surface area contributed by atoms with Gasteiger partial charge in [-0.3, -0.25) is 4.68 Å². The summed E-state index contributed by atoms with van der Waals surface area (Å²) in [5.41, 5.74) is 3.24. The molecular weight excluding hydrogens is 264 g/mol. The van der Waals surface area contributed by atoms with Crippen LogP contribution in [0.25, 0.3) is 0 Å². The molecule has 1 aromatic heterocycles. The van der Waals surface area contributed by atoms with Crippen LogP contribution < -0.4 is 0 Å². The Kier molecular flexibility index (Phi) is 4.10. The fourth-order valence-electron chi connectivity index (χ4n) is 4.18. The van der Waals surface area contributed by atoms with E-state index >= 15 is 0 Å². The summed E-state index contributed by atoms with van der Waals surface area (Å²) in [5, 5.41) is 14.8. The van der Waals surface area contributed by atoms with Gasteiger partial charge < -0.3 is 9.84 Å². The van der Waals surface area contributed by atoms with E-state index in [1.807, 2.05) is 18.5 Å². The second-order valence-electron chi connectivity index (χ2n) is 6.86. The summed E-state index contributed by atoms with van der Waals surface area (Å²) in [6.45, 7) is 6.88. The van der Waals surface area contributed by atoms with Crippen LogP contribution in [-0.4, -0.2) is 26.6 Å². The average Bonchev–Trinajstić information content (AvgIpc) is 3.14. The molecule has 2 heterocycles. The summed E-state index contributed by atoms with van der Waals surface area (Å²) in [6.07, 6.45) is 8.08. The van der Waals surface area contributed by atoms with Gasteiger partial charge in [0.05, 0.1) is 30.0 Å². The molecule has 1 spiro atoms. The second kappa shape index (κ2) is 5.73. The third kappa shape index (κ3) is 2.76. The number of hydrogen-bond acceptors (Lipinski definition) is 3. The highest BCUT2D eigenvalue weighted by molar-refractivity contribution is 5.27. The van der Waals surface area contributed by atoms with Gasteiger partial charge in [0.25, 0.3) is 0 Å². The molecule has 4 nitrogen and oxygen atoms in total. The normalized spacial score (nSPS) is 25.8. The summed E-state index contributed by atoms with van der Waals surface area (Å²) in [7, 11) is 0. The van der Waals surface area contributed by atoms with Gasteiger partial charge in [-0.2, -0.15) is 5.10 Å². The van der Waals surface area contributed by atoms with E-state index in [-0.39, 0.29) is 11.7 Å². The van der Waals surface area contributed by atoms with E-state index in [2.05, 4.69) is 12.0 Å². The average molecular weight is 292 g/mol. The van der Waals surface area contributed by atoms with Crippen LogP contribution in [0.5, 0.6) is 0 Å². The van der Waals surface area contributed by atoms with Crippen LogP contribution in [0.15, 0.2) is 0 Å². The minimum Gasteiger partial charge on any atom is -0.388 e. The lowest BCUT2D eigenvalue weighted by molar-refractivity contribution is -0.0431. The van der Waals surface area contributed by atoms with Crippen molar-refractivity contribution in [3.63, 3.8) is 0 Å². The van der Waals surface area contributed by atoms with Crippen molar-refractivity contribution in [1.82, 2.24) is 9.78 Å². The van der Waals surface area contributed by atoms with Crippen LogP contribution in [0.3, 0.4) is 0 Å². The lowest BCUT2D eigenvalue weighted by atomic mass is 9.98. The number of hydrogen-bond donors (Lipinski definition) is 1. The molecule has 118 valence electrons. The third-order valence-electron chi connectivity index (χ3n) is 5.39. The predicted octanol–water partition coefficient (Wildman–Crippen LogP) is 3.44. The molecule has 2 fully saturated rings. The molecule has 0 amide bonds. The SMILES string of the molecule is CCC(O)c1c(C)nn(CC2CCC3(CCCC3)O2)c1C. The fourth-order valence-corrected chi connectivity index (χ4v) is 4.18. The zero-order valence-corrected chi connectivity index (χ0v) is 13.6. The topological polar surface area (TPSA) is 47.3 Å². The molecule has 0 aromatic carbocycles. The quantitative estimate of drug-likeness (QED) is 0.924. The van der Waals surface area contributed by atoms with Gasteiger partial charge in [0, 0.05) is 11.3 Å². The zero-order valence-electron chi connectivity index (χ0n) is 13.6. The van der Waals surface area contributed by atoms with Crippen molar-refractivity contribution in [3.05, 3.63) is 17.0 Å². The van der Waals surface area contributed by atoms with Crippen LogP contribution in [0.1, 0.15) is 74.9 Å². The molecule has 1 aromatic rings. The van der Waals surface area contributed by atoms with E-state index in [9.17, 15) is 5.11 Å². The Morgan fingerprint density at radius 3 is 2.71 bits per heavy atom. The van der Waals surface area contributed by atoms with Crippen LogP contribution >= 0.6 is 0 Å². The Morgan fingerprint density at radius 2 is 2.05 bits per heavy atom. The molecule has 0 bridgehead atoms. The molecule has 2 unspecified atom stereocenters. The smallest absolute Gasteiger partial charge is 0.0823 e. The first-order chi connectivity index (χ1) is 10.0. The van der Waals surface area contributed by atoms with Gasteiger partial charge in [0.15, 0.2) is 0 Å². The summed E-state index contributed by atoms with van der Waals surface area (Å²) in [4.78, 5) is 0. The van der Waals surface area contributed by atoms with Crippen molar-refractivity contribution in [1.29, 1.82) is 0 Å². The van der Waals surface area contributed by atoms with Crippen molar-refractivity contribution >= 4 is 0 Å². The maximum atomic E-state index is 10.1. The lowest BCUT2D eigenvalue weighted by Gasteiger charge is -2.24. The first-order valence-electron chi connectivity index (χ1n) is 8.44. The highest BCUT2D eigenvalue weighted by atomic mass is 16.5. The minimum absolute atomic E-state index is 0.187. The van der Waals surface area contributed by atoms with Gasteiger partial charge in [0.1, 0.15) is 0 Å². The monoisotopic (exact) mass is 292 g/mol. The minimum atomic E-state index is -0.399.